The average Bonchev–Trinajstić information content (AvgIpc) is 2.91. The largest absolute Gasteiger partial charge is 0.273 e. The standard InChI is InChI=1S/C20H20N4O/c1-15-19(16(2)24(23-15)18-11-7-4-8-12-18)14-21-22-20(25)13-17-9-5-3-6-10-17/h3-12,14H,13H2,1-2H3,(H,22,25). The van der Waals surface area contributed by atoms with Gasteiger partial charge in [0.25, 0.3) is 0 Å². The van der Waals surface area contributed by atoms with Crippen molar-refractivity contribution in [3.8, 4) is 5.69 Å². The topological polar surface area (TPSA) is 59.3 Å². The summed E-state index contributed by atoms with van der Waals surface area (Å²) in [5.74, 6) is -0.145. The summed E-state index contributed by atoms with van der Waals surface area (Å²) in [5, 5.41) is 8.65. The molecule has 1 aromatic heterocycles. The smallest absolute Gasteiger partial charge is 0.244 e. The zero-order valence-corrected chi connectivity index (χ0v) is 14.3. The monoisotopic (exact) mass is 332 g/mol. The number of hydrogen-bond donors (Lipinski definition) is 1. The van der Waals surface area contributed by atoms with Crippen molar-refractivity contribution in [2.24, 2.45) is 5.10 Å². The number of carbonyl (C=O) groups excluding carboxylic acids is 1. The van der Waals surface area contributed by atoms with Crippen LogP contribution in [0.2, 0.25) is 0 Å². The van der Waals surface area contributed by atoms with Gasteiger partial charge in [0, 0.05) is 5.56 Å². The van der Waals surface area contributed by atoms with Gasteiger partial charge < -0.3 is 0 Å². The Kier molecular flexibility index (Phi) is 5.04. The summed E-state index contributed by atoms with van der Waals surface area (Å²) in [4.78, 5) is 12.0. The molecule has 2 aromatic carbocycles. The number of hydrazone groups is 1. The third kappa shape index (κ3) is 4.01. The van der Waals surface area contributed by atoms with Gasteiger partial charge in [-0.3, -0.25) is 4.79 Å². The van der Waals surface area contributed by atoms with Crippen LogP contribution in [0.3, 0.4) is 0 Å². The van der Waals surface area contributed by atoms with Crippen molar-refractivity contribution in [1.82, 2.24) is 15.2 Å². The normalized spacial score (nSPS) is 11.0. The van der Waals surface area contributed by atoms with E-state index < -0.39 is 0 Å². The lowest BCUT2D eigenvalue weighted by Crippen LogP contribution is -2.19. The number of rotatable bonds is 5. The van der Waals surface area contributed by atoms with E-state index in [1.54, 1.807) is 6.21 Å². The summed E-state index contributed by atoms with van der Waals surface area (Å²) in [6.07, 6.45) is 1.96. The maximum atomic E-state index is 12.0. The number of carbonyl (C=O) groups is 1. The Labute approximate surface area is 147 Å². The van der Waals surface area contributed by atoms with E-state index in [1.165, 1.54) is 0 Å². The quantitative estimate of drug-likeness (QED) is 0.576. The highest BCUT2D eigenvalue weighted by atomic mass is 16.2. The minimum Gasteiger partial charge on any atom is -0.273 e. The SMILES string of the molecule is Cc1nn(-c2ccccc2)c(C)c1C=NNC(=O)Cc1ccccc1. The Morgan fingerprint density at radius 2 is 1.72 bits per heavy atom. The molecule has 1 heterocycles. The summed E-state index contributed by atoms with van der Waals surface area (Å²) in [6.45, 7) is 3.92. The molecule has 1 N–H and O–H groups in total. The molecular weight excluding hydrogens is 312 g/mol. The summed E-state index contributed by atoms with van der Waals surface area (Å²) in [7, 11) is 0. The average molecular weight is 332 g/mol. The van der Waals surface area contributed by atoms with Crippen LogP contribution in [-0.2, 0) is 11.2 Å². The lowest BCUT2D eigenvalue weighted by Gasteiger charge is -2.03. The molecule has 0 atom stereocenters. The van der Waals surface area contributed by atoms with Gasteiger partial charge in [-0.05, 0) is 31.5 Å². The predicted octanol–water partition coefficient (Wildman–Crippen LogP) is 3.18. The summed E-state index contributed by atoms with van der Waals surface area (Å²) in [6, 6.07) is 19.5. The van der Waals surface area contributed by atoms with Gasteiger partial charge in [-0.15, -0.1) is 0 Å². The highest BCUT2D eigenvalue weighted by Crippen LogP contribution is 2.16. The van der Waals surface area contributed by atoms with E-state index in [-0.39, 0.29) is 5.91 Å². The van der Waals surface area contributed by atoms with Crippen molar-refractivity contribution in [2.45, 2.75) is 20.3 Å². The van der Waals surface area contributed by atoms with Crippen molar-refractivity contribution in [3.63, 3.8) is 0 Å². The first-order valence-electron chi connectivity index (χ1n) is 8.12. The molecule has 3 rings (SSSR count). The van der Waals surface area contributed by atoms with Crippen LogP contribution in [-0.4, -0.2) is 21.9 Å². The van der Waals surface area contributed by atoms with Crippen LogP contribution in [0.25, 0.3) is 5.69 Å². The lowest BCUT2D eigenvalue weighted by molar-refractivity contribution is -0.120. The van der Waals surface area contributed by atoms with Crippen LogP contribution >= 0.6 is 0 Å². The first kappa shape index (κ1) is 16.6. The van der Waals surface area contributed by atoms with Crippen LogP contribution in [0.15, 0.2) is 65.8 Å². The molecule has 0 unspecified atom stereocenters. The van der Waals surface area contributed by atoms with Crippen molar-refractivity contribution in [1.29, 1.82) is 0 Å². The molecule has 0 aliphatic rings. The van der Waals surface area contributed by atoms with Gasteiger partial charge in [0.15, 0.2) is 0 Å². The molecule has 0 aliphatic heterocycles. The lowest BCUT2D eigenvalue weighted by atomic mass is 10.1. The molecular formula is C20H20N4O. The maximum Gasteiger partial charge on any atom is 0.244 e. The molecule has 0 radical (unpaired) electrons. The van der Waals surface area contributed by atoms with Crippen LogP contribution < -0.4 is 5.43 Å². The first-order chi connectivity index (χ1) is 12.1. The van der Waals surface area contributed by atoms with E-state index in [4.69, 9.17) is 0 Å². The Morgan fingerprint density at radius 1 is 1.08 bits per heavy atom. The zero-order valence-electron chi connectivity index (χ0n) is 14.3. The predicted molar refractivity (Wildman–Crippen MR) is 98.9 cm³/mol. The number of nitrogens with one attached hydrogen (secondary N) is 1. The second kappa shape index (κ2) is 7.57. The molecule has 3 aromatic rings. The highest BCUT2D eigenvalue weighted by Gasteiger charge is 2.11. The van der Waals surface area contributed by atoms with E-state index in [0.29, 0.717) is 6.42 Å². The second-order valence-corrected chi connectivity index (χ2v) is 5.79. The van der Waals surface area contributed by atoms with Gasteiger partial charge >= 0.3 is 0 Å². The molecule has 126 valence electrons. The molecule has 0 fully saturated rings. The molecule has 25 heavy (non-hydrogen) atoms. The number of aryl methyl sites for hydroxylation is 1. The minimum absolute atomic E-state index is 0.145. The summed E-state index contributed by atoms with van der Waals surface area (Å²) >= 11 is 0. The minimum atomic E-state index is -0.145. The number of hydrogen-bond acceptors (Lipinski definition) is 3. The fourth-order valence-electron chi connectivity index (χ4n) is 2.65. The molecule has 5 heteroatoms. The van der Waals surface area contributed by atoms with E-state index in [2.05, 4.69) is 15.6 Å². The molecule has 0 saturated carbocycles. The van der Waals surface area contributed by atoms with Gasteiger partial charge in [-0.25, -0.2) is 10.1 Å². The fourth-order valence-corrected chi connectivity index (χ4v) is 2.65. The van der Waals surface area contributed by atoms with Gasteiger partial charge in [0.05, 0.1) is 29.7 Å². The van der Waals surface area contributed by atoms with Gasteiger partial charge in [-0.2, -0.15) is 10.2 Å². The third-order valence-corrected chi connectivity index (χ3v) is 3.94. The summed E-state index contributed by atoms with van der Waals surface area (Å²) in [5.41, 5.74) is 7.28. The third-order valence-electron chi connectivity index (χ3n) is 3.94. The van der Waals surface area contributed by atoms with Crippen LogP contribution in [0.1, 0.15) is 22.5 Å². The number of amides is 1. The van der Waals surface area contributed by atoms with E-state index in [1.807, 2.05) is 79.2 Å². The molecule has 0 spiro atoms. The van der Waals surface area contributed by atoms with Crippen molar-refractivity contribution < 1.29 is 4.79 Å². The highest BCUT2D eigenvalue weighted by molar-refractivity contribution is 5.85. The Morgan fingerprint density at radius 3 is 2.40 bits per heavy atom. The van der Waals surface area contributed by atoms with Crippen LogP contribution in [0.5, 0.6) is 0 Å². The van der Waals surface area contributed by atoms with E-state index in [0.717, 1.165) is 28.2 Å². The number of nitrogens with zero attached hydrogens (tertiary/aromatic N) is 3. The van der Waals surface area contributed by atoms with E-state index >= 15 is 0 Å². The summed E-state index contributed by atoms with van der Waals surface area (Å²) < 4.78 is 1.88. The van der Waals surface area contributed by atoms with Crippen LogP contribution in [0, 0.1) is 13.8 Å². The molecule has 0 saturated heterocycles. The van der Waals surface area contributed by atoms with Gasteiger partial charge in [0.1, 0.15) is 0 Å². The molecule has 5 nitrogen and oxygen atoms in total. The number of para-hydroxylation sites is 1. The Hall–Kier alpha value is -3.21. The Bertz CT molecular complexity index is 883. The van der Waals surface area contributed by atoms with Crippen molar-refractivity contribution >= 4 is 12.1 Å². The first-order valence-corrected chi connectivity index (χ1v) is 8.12. The van der Waals surface area contributed by atoms with E-state index in [9.17, 15) is 4.79 Å². The van der Waals surface area contributed by atoms with Gasteiger partial charge in [-0.1, -0.05) is 48.5 Å². The molecule has 0 aliphatic carbocycles. The number of benzene rings is 2. The molecule has 0 bridgehead atoms. The van der Waals surface area contributed by atoms with Gasteiger partial charge in [0.2, 0.25) is 5.91 Å². The fraction of sp³-hybridized carbons (Fsp3) is 0.150. The van der Waals surface area contributed by atoms with Crippen molar-refractivity contribution in [2.75, 3.05) is 0 Å². The second-order valence-electron chi connectivity index (χ2n) is 5.79. The Balaban J connectivity index is 1.70. The zero-order chi connectivity index (χ0) is 17.6. The van der Waals surface area contributed by atoms with Crippen LogP contribution in [0.4, 0.5) is 0 Å². The van der Waals surface area contributed by atoms with Crippen molar-refractivity contribution in [3.05, 3.63) is 83.2 Å². The maximum absolute atomic E-state index is 12.0. The number of aromatic nitrogens is 2. The molecule has 1 amide bonds.